The third kappa shape index (κ3) is 4.90. The molecule has 112 valence electrons. The lowest BCUT2D eigenvalue weighted by atomic mass is 10.2. The van der Waals surface area contributed by atoms with Crippen LogP contribution in [0.15, 0.2) is 42.5 Å². The van der Waals surface area contributed by atoms with Gasteiger partial charge in [-0.3, -0.25) is 0 Å². The first-order valence-corrected chi connectivity index (χ1v) is 7.37. The fourth-order valence-corrected chi connectivity index (χ4v) is 2.27. The molecule has 21 heavy (non-hydrogen) atoms. The lowest BCUT2D eigenvalue weighted by molar-refractivity contribution is 0.199. The highest BCUT2D eigenvalue weighted by Crippen LogP contribution is 2.32. The summed E-state index contributed by atoms with van der Waals surface area (Å²) in [7, 11) is 1.68. The van der Waals surface area contributed by atoms with Gasteiger partial charge < -0.3 is 14.8 Å². The van der Waals surface area contributed by atoms with Crippen LogP contribution in [0, 0.1) is 0 Å². The molecule has 0 bridgehead atoms. The van der Waals surface area contributed by atoms with E-state index in [0.29, 0.717) is 28.9 Å². The van der Waals surface area contributed by atoms with Gasteiger partial charge in [-0.2, -0.15) is 0 Å². The number of para-hydroxylation sites is 1. The highest BCUT2D eigenvalue weighted by atomic mass is 35.5. The fourth-order valence-electron chi connectivity index (χ4n) is 1.82. The van der Waals surface area contributed by atoms with Gasteiger partial charge in [0.25, 0.3) is 0 Å². The summed E-state index contributed by atoms with van der Waals surface area (Å²) in [6.07, 6.45) is 0. The maximum atomic E-state index is 6.14. The molecule has 0 radical (unpaired) electrons. The Morgan fingerprint density at radius 2 is 1.86 bits per heavy atom. The molecular formula is C16H17Cl2NO2. The molecule has 2 rings (SSSR count). The third-order valence-corrected chi connectivity index (χ3v) is 3.42. The zero-order chi connectivity index (χ0) is 15.1. The van der Waals surface area contributed by atoms with Crippen molar-refractivity contribution in [2.45, 2.75) is 6.54 Å². The van der Waals surface area contributed by atoms with Crippen molar-refractivity contribution in [3.05, 3.63) is 58.1 Å². The van der Waals surface area contributed by atoms with E-state index in [4.69, 9.17) is 32.7 Å². The van der Waals surface area contributed by atoms with Crippen LogP contribution in [0.5, 0.6) is 11.5 Å². The highest BCUT2D eigenvalue weighted by molar-refractivity contribution is 6.35. The molecule has 0 aliphatic heterocycles. The van der Waals surface area contributed by atoms with E-state index < -0.39 is 0 Å². The van der Waals surface area contributed by atoms with Gasteiger partial charge >= 0.3 is 0 Å². The van der Waals surface area contributed by atoms with Crippen LogP contribution >= 0.6 is 23.2 Å². The standard InChI is InChI=1S/C16H17Cl2NO2/c1-20-9-8-19-11-12-4-2-3-5-15(12)21-16-7-6-13(17)10-14(16)18/h2-7,10,19H,8-9,11H2,1H3. The van der Waals surface area contributed by atoms with Crippen LogP contribution in [0.2, 0.25) is 10.0 Å². The van der Waals surface area contributed by atoms with Gasteiger partial charge in [-0.05, 0) is 24.3 Å². The fraction of sp³-hybridized carbons (Fsp3) is 0.250. The van der Waals surface area contributed by atoms with Crippen LogP contribution < -0.4 is 10.1 Å². The van der Waals surface area contributed by atoms with Crippen molar-refractivity contribution in [3.63, 3.8) is 0 Å². The molecule has 0 amide bonds. The second-order valence-corrected chi connectivity index (χ2v) is 5.30. The summed E-state index contributed by atoms with van der Waals surface area (Å²) in [5, 5.41) is 4.37. The third-order valence-electron chi connectivity index (χ3n) is 2.88. The molecule has 0 atom stereocenters. The van der Waals surface area contributed by atoms with Crippen LogP contribution in [0.1, 0.15) is 5.56 Å². The number of rotatable bonds is 7. The molecule has 2 aromatic rings. The number of benzene rings is 2. The SMILES string of the molecule is COCCNCc1ccccc1Oc1ccc(Cl)cc1Cl. The monoisotopic (exact) mass is 325 g/mol. The topological polar surface area (TPSA) is 30.5 Å². The Balaban J connectivity index is 2.08. The van der Waals surface area contributed by atoms with Gasteiger partial charge in [0.1, 0.15) is 11.5 Å². The van der Waals surface area contributed by atoms with Crippen molar-refractivity contribution < 1.29 is 9.47 Å². The zero-order valence-corrected chi connectivity index (χ0v) is 13.2. The zero-order valence-electron chi connectivity index (χ0n) is 11.7. The Morgan fingerprint density at radius 1 is 1.05 bits per heavy atom. The van der Waals surface area contributed by atoms with Crippen LogP contribution in [0.4, 0.5) is 0 Å². The van der Waals surface area contributed by atoms with Crippen molar-refractivity contribution in [2.75, 3.05) is 20.3 Å². The molecule has 0 saturated heterocycles. The Hall–Kier alpha value is -1.26. The summed E-state index contributed by atoms with van der Waals surface area (Å²) in [4.78, 5) is 0. The lowest BCUT2D eigenvalue weighted by Crippen LogP contribution is -2.18. The van der Waals surface area contributed by atoms with Crippen molar-refractivity contribution in [1.82, 2.24) is 5.32 Å². The maximum absolute atomic E-state index is 6.14. The van der Waals surface area contributed by atoms with Gasteiger partial charge in [-0.25, -0.2) is 0 Å². The molecule has 1 N–H and O–H groups in total. The molecule has 0 aliphatic rings. The van der Waals surface area contributed by atoms with Crippen molar-refractivity contribution >= 4 is 23.2 Å². The minimum atomic E-state index is 0.490. The number of hydrogen-bond donors (Lipinski definition) is 1. The van der Waals surface area contributed by atoms with Crippen LogP contribution in [0.25, 0.3) is 0 Å². The minimum absolute atomic E-state index is 0.490. The minimum Gasteiger partial charge on any atom is -0.455 e. The first kappa shape index (κ1) is 16.1. The van der Waals surface area contributed by atoms with Crippen LogP contribution in [-0.2, 0) is 11.3 Å². The molecule has 2 aromatic carbocycles. The normalized spacial score (nSPS) is 10.6. The van der Waals surface area contributed by atoms with Gasteiger partial charge in [0.2, 0.25) is 0 Å². The number of nitrogens with one attached hydrogen (secondary N) is 1. The van der Waals surface area contributed by atoms with Crippen LogP contribution in [-0.4, -0.2) is 20.3 Å². The first-order valence-electron chi connectivity index (χ1n) is 6.61. The van der Waals surface area contributed by atoms with Gasteiger partial charge in [-0.1, -0.05) is 41.4 Å². The van der Waals surface area contributed by atoms with E-state index in [0.717, 1.165) is 17.9 Å². The molecule has 0 heterocycles. The summed E-state index contributed by atoms with van der Waals surface area (Å²) in [6.45, 7) is 2.16. The number of methoxy groups -OCH3 is 1. The van der Waals surface area contributed by atoms with E-state index in [9.17, 15) is 0 Å². The van der Waals surface area contributed by atoms with E-state index in [2.05, 4.69) is 5.32 Å². The van der Waals surface area contributed by atoms with E-state index in [1.807, 2.05) is 24.3 Å². The van der Waals surface area contributed by atoms with Gasteiger partial charge in [0, 0.05) is 30.8 Å². The molecule has 0 unspecified atom stereocenters. The molecule has 5 heteroatoms. The largest absolute Gasteiger partial charge is 0.455 e. The predicted octanol–water partition coefficient (Wildman–Crippen LogP) is 4.52. The van der Waals surface area contributed by atoms with Crippen molar-refractivity contribution in [3.8, 4) is 11.5 Å². The Bertz CT molecular complexity index is 590. The summed E-state index contributed by atoms with van der Waals surface area (Å²) in [5.41, 5.74) is 1.06. The molecule has 0 saturated carbocycles. The Kier molecular flexibility index (Phi) is 6.33. The quantitative estimate of drug-likeness (QED) is 0.759. The molecule has 3 nitrogen and oxygen atoms in total. The van der Waals surface area contributed by atoms with E-state index in [-0.39, 0.29) is 0 Å². The van der Waals surface area contributed by atoms with Gasteiger partial charge in [0.05, 0.1) is 11.6 Å². The average Bonchev–Trinajstić information content (AvgIpc) is 2.48. The first-order chi connectivity index (χ1) is 10.2. The highest BCUT2D eigenvalue weighted by Gasteiger charge is 2.07. The predicted molar refractivity (Wildman–Crippen MR) is 86.6 cm³/mol. The average molecular weight is 326 g/mol. The smallest absolute Gasteiger partial charge is 0.146 e. The lowest BCUT2D eigenvalue weighted by Gasteiger charge is -2.13. The summed E-state index contributed by atoms with van der Waals surface area (Å²) in [6, 6.07) is 13.0. The number of hydrogen-bond acceptors (Lipinski definition) is 3. The Morgan fingerprint density at radius 3 is 2.62 bits per heavy atom. The summed E-state index contributed by atoms with van der Waals surface area (Å²) in [5.74, 6) is 1.36. The van der Waals surface area contributed by atoms with Crippen molar-refractivity contribution in [2.24, 2.45) is 0 Å². The second kappa shape index (κ2) is 8.25. The molecule has 0 fully saturated rings. The van der Waals surface area contributed by atoms with Gasteiger partial charge in [-0.15, -0.1) is 0 Å². The van der Waals surface area contributed by atoms with Gasteiger partial charge in [0.15, 0.2) is 0 Å². The number of halogens is 2. The Labute approximate surface area is 134 Å². The molecular weight excluding hydrogens is 309 g/mol. The number of ether oxygens (including phenoxy) is 2. The van der Waals surface area contributed by atoms with E-state index in [1.165, 1.54) is 0 Å². The summed E-state index contributed by atoms with van der Waals surface area (Å²) < 4.78 is 10.9. The molecule has 0 aromatic heterocycles. The molecule has 0 spiro atoms. The maximum Gasteiger partial charge on any atom is 0.146 e. The van der Waals surface area contributed by atoms with E-state index in [1.54, 1.807) is 25.3 Å². The second-order valence-electron chi connectivity index (χ2n) is 4.45. The van der Waals surface area contributed by atoms with E-state index >= 15 is 0 Å². The van der Waals surface area contributed by atoms with Crippen molar-refractivity contribution in [1.29, 1.82) is 0 Å². The summed E-state index contributed by atoms with van der Waals surface area (Å²) >= 11 is 12.0. The molecule has 0 aliphatic carbocycles. The van der Waals surface area contributed by atoms with Crippen LogP contribution in [0.3, 0.4) is 0 Å².